The van der Waals surface area contributed by atoms with Gasteiger partial charge >= 0.3 is 0 Å². The second kappa shape index (κ2) is 12.2. The first-order valence-electron chi connectivity index (χ1n) is 12.7. The molecule has 0 radical (unpaired) electrons. The predicted molar refractivity (Wildman–Crippen MR) is 156 cm³/mol. The van der Waals surface area contributed by atoms with Crippen molar-refractivity contribution in [3.63, 3.8) is 0 Å². The third-order valence-corrected chi connectivity index (χ3v) is 8.28. The first-order chi connectivity index (χ1) is 18.2. The van der Waals surface area contributed by atoms with Gasteiger partial charge in [0.1, 0.15) is 12.6 Å². The monoisotopic (exact) mass is 569 g/mol. The summed E-state index contributed by atoms with van der Waals surface area (Å²) >= 11 is 6.00. The van der Waals surface area contributed by atoms with E-state index in [4.69, 9.17) is 11.6 Å². The number of aryl methyl sites for hydroxylation is 2. The molecule has 0 aromatic heterocycles. The third kappa shape index (κ3) is 7.83. The van der Waals surface area contributed by atoms with Crippen molar-refractivity contribution in [2.24, 2.45) is 0 Å². The van der Waals surface area contributed by atoms with Crippen molar-refractivity contribution in [2.45, 2.75) is 64.6 Å². The van der Waals surface area contributed by atoms with E-state index in [0.717, 1.165) is 21.0 Å². The summed E-state index contributed by atoms with van der Waals surface area (Å²) in [5.41, 5.74) is 2.51. The molecule has 208 valence electrons. The van der Waals surface area contributed by atoms with Crippen molar-refractivity contribution in [1.29, 1.82) is 0 Å². The number of hydrogen-bond donors (Lipinski definition) is 1. The molecule has 0 aliphatic rings. The van der Waals surface area contributed by atoms with Crippen LogP contribution in [0.5, 0.6) is 0 Å². The Labute approximate surface area is 236 Å². The fraction of sp³-hybridized carbons (Fsp3) is 0.333. The summed E-state index contributed by atoms with van der Waals surface area (Å²) in [4.78, 5) is 28.6. The number of hydrogen-bond acceptors (Lipinski definition) is 4. The number of anilines is 1. The number of amides is 2. The van der Waals surface area contributed by atoms with Gasteiger partial charge in [0.05, 0.1) is 10.6 Å². The van der Waals surface area contributed by atoms with Gasteiger partial charge in [-0.1, -0.05) is 48.0 Å². The Morgan fingerprint density at radius 1 is 0.949 bits per heavy atom. The van der Waals surface area contributed by atoms with Crippen LogP contribution in [-0.4, -0.2) is 43.3 Å². The summed E-state index contributed by atoms with van der Waals surface area (Å²) in [6, 6.07) is 19.5. The number of halogens is 1. The van der Waals surface area contributed by atoms with Gasteiger partial charge in [-0.25, -0.2) is 8.42 Å². The topological polar surface area (TPSA) is 86.8 Å². The van der Waals surface area contributed by atoms with Gasteiger partial charge in [-0.3, -0.25) is 13.9 Å². The Hall–Kier alpha value is -3.36. The number of nitrogens with zero attached hydrogens (tertiary/aromatic N) is 2. The molecule has 3 aromatic rings. The van der Waals surface area contributed by atoms with Gasteiger partial charge in [-0.15, -0.1) is 0 Å². The molecular weight excluding hydrogens is 534 g/mol. The number of carbonyl (C=O) groups excluding carboxylic acids is 2. The van der Waals surface area contributed by atoms with Crippen LogP contribution in [0.1, 0.15) is 44.4 Å². The number of nitrogens with one attached hydrogen (secondary N) is 1. The fourth-order valence-electron chi connectivity index (χ4n) is 4.07. The highest BCUT2D eigenvalue weighted by Gasteiger charge is 2.33. The van der Waals surface area contributed by atoms with Gasteiger partial charge < -0.3 is 10.2 Å². The highest BCUT2D eigenvalue weighted by molar-refractivity contribution is 7.92. The first-order valence-corrected chi connectivity index (χ1v) is 14.5. The minimum absolute atomic E-state index is 0.00480. The highest BCUT2D eigenvalue weighted by Crippen LogP contribution is 2.26. The highest BCUT2D eigenvalue weighted by atomic mass is 35.5. The largest absolute Gasteiger partial charge is 0.350 e. The molecule has 1 N–H and O–H groups in total. The van der Waals surface area contributed by atoms with Crippen molar-refractivity contribution in [2.75, 3.05) is 10.8 Å². The van der Waals surface area contributed by atoms with Crippen molar-refractivity contribution < 1.29 is 18.0 Å². The molecule has 0 saturated carbocycles. The van der Waals surface area contributed by atoms with E-state index in [-0.39, 0.29) is 17.3 Å². The van der Waals surface area contributed by atoms with Crippen LogP contribution in [0.25, 0.3) is 0 Å². The predicted octanol–water partition coefficient (Wildman–Crippen LogP) is 5.48. The molecule has 0 heterocycles. The zero-order valence-corrected chi connectivity index (χ0v) is 24.8. The van der Waals surface area contributed by atoms with E-state index >= 15 is 0 Å². The molecule has 0 aliphatic heterocycles. The second-order valence-electron chi connectivity index (χ2n) is 10.7. The maximum absolute atomic E-state index is 14.0. The van der Waals surface area contributed by atoms with Crippen LogP contribution in [0.2, 0.25) is 5.02 Å². The van der Waals surface area contributed by atoms with Crippen LogP contribution in [0.3, 0.4) is 0 Å². The van der Waals surface area contributed by atoms with Gasteiger partial charge in [-0.2, -0.15) is 0 Å². The van der Waals surface area contributed by atoms with Crippen LogP contribution in [0.15, 0.2) is 77.7 Å². The number of benzene rings is 3. The molecule has 3 aromatic carbocycles. The molecule has 1 atom stereocenters. The molecule has 1 unspecified atom stereocenters. The van der Waals surface area contributed by atoms with Gasteiger partial charge in [0.25, 0.3) is 10.0 Å². The van der Waals surface area contributed by atoms with E-state index in [2.05, 4.69) is 5.32 Å². The normalized spacial score (nSPS) is 12.5. The summed E-state index contributed by atoms with van der Waals surface area (Å²) in [5, 5.41) is 3.33. The van der Waals surface area contributed by atoms with Crippen molar-refractivity contribution >= 4 is 39.1 Å². The SMILES string of the molecule is Cc1cccc(N(CC(=O)N(Cc2ccccc2C)C(C)C(=O)NC(C)(C)C)S(=O)(=O)c2ccc(Cl)cc2)c1. The Kier molecular flexibility index (Phi) is 9.46. The third-order valence-electron chi connectivity index (χ3n) is 6.24. The molecule has 9 heteroatoms. The smallest absolute Gasteiger partial charge is 0.264 e. The van der Waals surface area contributed by atoms with Crippen LogP contribution < -0.4 is 9.62 Å². The van der Waals surface area contributed by atoms with Crippen molar-refractivity contribution in [3.05, 3.63) is 94.5 Å². The lowest BCUT2D eigenvalue weighted by Crippen LogP contribution is -2.54. The quantitative estimate of drug-likeness (QED) is 0.369. The lowest BCUT2D eigenvalue weighted by molar-refractivity contribution is -0.140. The molecule has 7 nitrogen and oxygen atoms in total. The summed E-state index contributed by atoms with van der Waals surface area (Å²) in [7, 11) is -4.15. The molecule has 2 amide bonds. The van der Waals surface area contributed by atoms with E-state index < -0.39 is 34.1 Å². The van der Waals surface area contributed by atoms with E-state index in [1.165, 1.54) is 29.2 Å². The van der Waals surface area contributed by atoms with Crippen LogP contribution in [0, 0.1) is 13.8 Å². The lowest BCUT2D eigenvalue weighted by Gasteiger charge is -2.33. The van der Waals surface area contributed by atoms with Crippen molar-refractivity contribution in [1.82, 2.24) is 10.2 Å². The Bertz CT molecular complexity index is 1430. The van der Waals surface area contributed by atoms with E-state index in [1.54, 1.807) is 25.1 Å². The lowest BCUT2D eigenvalue weighted by atomic mass is 10.1. The van der Waals surface area contributed by atoms with Gasteiger partial charge in [-0.05, 0) is 94.6 Å². The minimum Gasteiger partial charge on any atom is -0.350 e. The molecular formula is C30H36ClN3O4S. The fourth-order valence-corrected chi connectivity index (χ4v) is 5.61. The van der Waals surface area contributed by atoms with Gasteiger partial charge in [0.2, 0.25) is 11.8 Å². The molecule has 39 heavy (non-hydrogen) atoms. The van der Waals surface area contributed by atoms with Gasteiger partial charge in [0, 0.05) is 17.1 Å². The van der Waals surface area contributed by atoms with E-state index in [0.29, 0.717) is 10.7 Å². The van der Waals surface area contributed by atoms with E-state index in [9.17, 15) is 18.0 Å². The Morgan fingerprint density at radius 2 is 1.59 bits per heavy atom. The average Bonchev–Trinajstić information content (AvgIpc) is 2.85. The molecule has 3 rings (SSSR count). The maximum atomic E-state index is 14.0. The van der Waals surface area contributed by atoms with Crippen molar-refractivity contribution in [3.8, 4) is 0 Å². The average molecular weight is 570 g/mol. The zero-order valence-electron chi connectivity index (χ0n) is 23.2. The van der Waals surface area contributed by atoms with E-state index in [1.807, 2.05) is 65.0 Å². The Balaban J connectivity index is 2.05. The standard InChI is InChI=1S/C30H36ClN3O4S/c1-21-10-9-13-26(18-21)34(39(37,38)27-16-14-25(31)15-17-27)20-28(35)33(19-24-12-8-7-11-22(24)2)23(3)29(36)32-30(4,5)6/h7-18,23H,19-20H2,1-6H3,(H,32,36). The molecule has 0 bridgehead atoms. The zero-order chi connectivity index (χ0) is 29.0. The Morgan fingerprint density at radius 3 is 2.18 bits per heavy atom. The summed E-state index contributed by atoms with van der Waals surface area (Å²) in [6.45, 7) is 10.7. The first kappa shape index (κ1) is 30.2. The summed E-state index contributed by atoms with van der Waals surface area (Å²) in [6.07, 6.45) is 0. The molecule has 0 aliphatic carbocycles. The van der Waals surface area contributed by atoms with Crippen LogP contribution in [0.4, 0.5) is 5.69 Å². The number of rotatable bonds is 9. The minimum atomic E-state index is -4.15. The molecule has 0 spiro atoms. The molecule has 0 fully saturated rings. The number of carbonyl (C=O) groups is 2. The second-order valence-corrected chi connectivity index (χ2v) is 13.0. The number of sulfonamides is 1. The van der Waals surface area contributed by atoms with Crippen LogP contribution >= 0.6 is 11.6 Å². The van der Waals surface area contributed by atoms with Gasteiger partial charge in [0.15, 0.2) is 0 Å². The van der Waals surface area contributed by atoms with Crippen LogP contribution in [-0.2, 0) is 26.2 Å². The maximum Gasteiger partial charge on any atom is 0.264 e. The summed E-state index contributed by atoms with van der Waals surface area (Å²) < 4.78 is 28.8. The summed E-state index contributed by atoms with van der Waals surface area (Å²) in [5.74, 6) is -0.832. The molecule has 0 saturated heterocycles.